The summed E-state index contributed by atoms with van der Waals surface area (Å²) in [7, 11) is 0. The highest BCUT2D eigenvalue weighted by Gasteiger charge is 2.16. The summed E-state index contributed by atoms with van der Waals surface area (Å²) in [5.41, 5.74) is -1.21. The van der Waals surface area contributed by atoms with E-state index in [1.807, 2.05) is 13.8 Å². The molecule has 2 aromatic heterocycles. The van der Waals surface area contributed by atoms with Crippen molar-refractivity contribution in [2.24, 2.45) is 5.92 Å². The van der Waals surface area contributed by atoms with Crippen molar-refractivity contribution in [1.29, 1.82) is 0 Å². The number of fused-ring (bicyclic) bond motifs is 1. The van der Waals surface area contributed by atoms with Gasteiger partial charge in [0.2, 0.25) is 5.82 Å². The number of hydrogen-bond acceptors (Lipinski definition) is 4. The molecule has 0 radical (unpaired) electrons. The van der Waals surface area contributed by atoms with Gasteiger partial charge in [-0.25, -0.2) is 14.6 Å². The Morgan fingerprint density at radius 3 is 2.61 bits per heavy atom. The number of rotatable bonds is 3. The van der Waals surface area contributed by atoms with Crippen molar-refractivity contribution in [1.82, 2.24) is 19.5 Å². The van der Waals surface area contributed by atoms with Gasteiger partial charge in [0.25, 0.3) is 5.56 Å². The van der Waals surface area contributed by atoms with E-state index >= 15 is 0 Å². The summed E-state index contributed by atoms with van der Waals surface area (Å²) >= 11 is 0. The van der Waals surface area contributed by atoms with Gasteiger partial charge in [-0.05, 0) is 5.92 Å². The van der Waals surface area contributed by atoms with Gasteiger partial charge in [0.15, 0.2) is 5.65 Å². The molecule has 0 spiro atoms. The van der Waals surface area contributed by atoms with E-state index in [1.165, 1.54) is 4.57 Å². The zero-order chi connectivity index (χ0) is 13.4. The molecule has 0 unspecified atom stereocenters. The van der Waals surface area contributed by atoms with Crippen LogP contribution >= 0.6 is 0 Å². The number of carbonyl (C=O) groups is 1. The highest BCUT2D eigenvalue weighted by molar-refractivity contribution is 5.87. The summed E-state index contributed by atoms with van der Waals surface area (Å²) in [6.07, 6.45) is 0. The summed E-state index contributed by atoms with van der Waals surface area (Å²) in [4.78, 5) is 42.3. The van der Waals surface area contributed by atoms with Crippen LogP contribution in [0.3, 0.4) is 0 Å². The number of H-pyrrole nitrogens is 2. The smallest absolute Gasteiger partial charge is 0.371 e. The number of aromatic carboxylic acids is 1. The molecule has 3 N–H and O–H groups in total. The Morgan fingerprint density at radius 2 is 2.06 bits per heavy atom. The second-order valence-electron chi connectivity index (χ2n) is 4.35. The van der Waals surface area contributed by atoms with E-state index < -0.39 is 17.2 Å². The van der Waals surface area contributed by atoms with Crippen LogP contribution in [0.1, 0.15) is 24.5 Å². The topological polar surface area (TPSA) is 121 Å². The SMILES string of the molecule is CC(C)Cn1c(=O)[nH]c(=O)c2[nH]c(C(=O)O)nc21. The first-order valence-electron chi connectivity index (χ1n) is 5.36. The van der Waals surface area contributed by atoms with E-state index in [4.69, 9.17) is 5.11 Å². The third kappa shape index (κ3) is 1.92. The van der Waals surface area contributed by atoms with Crippen molar-refractivity contribution in [3.05, 3.63) is 26.7 Å². The highest BCUT2D eigenvalue weighted by atomic mass is 16.4. The van der Waals surface area contributed by atoms with E-state index in [-0.39, 0.29) is 22.9 Å². The Labute approximate surface area is 100 Å². The predicted octanol–water partition coefficient (Wildman–Crippen LogP) is -0.233. The molecule has 0 aromatic carbocycles. The van der Waals surface area contributed by atoms with Crippen molar-refractivity contribution >= 4 is 17.1 Å². The van der Waals surface area contributed by atoms with Crippen molar-refractivity contribution in [3.63, 3.8) is 0 Å². The van der Waals surface area contributed by atoms with Gasteiger partial charge in [-0.2, -0.15) is 0 Å². The lowest BCUT2D eigenvalue weighted by Gasteiger charge is -2.07. The maximum absolute atomic E-state index is 11.7. The van der Waals surface area contributed by atoms with Crippen LogP contribution in [0.25, 0.3) is 11.2 Å². The standard InChI is InChI=1S/C10H12N4O4/c1-4(2)3-14-7-5(8(15)13-10(14)18)11-6(12-7)9(16)17/h4H,3H2,1-2H3,(H,11,12)(H,16,17)(H,13,15,18). The fourth-order valence-corrected chi connectivity index (χ4v) is 1.68. The van der Waals surface area contributed by atoms with Gasteiger partial charge >= 0.3 is 11.7 Å². The Bertz CT molecular complexity index is 722. The van der Waals surface area contributed by atoms with Crippen LogP contribution < -0.4 is 11.2 Å². The molecule has 8 nitrogen and oxygen atoms in total. The molecule has 96 valence electrons. The van der Waals surface area contributed by atoms with Crippen LogP contribution in [-0.2, 0) is 6.54 Å². The Morgan fingerprint density at radius 1 is 1.39 bits per heavy atom. The molecule has 18 heavy (non-hydrogen) atoms. The maximum atomic E-state index is 11.7. The number of nitrogens with one attached hydrogen (secondary N) is 2. The molecule has 0 fully saturated rings. The van der Waals surface area contributed by atoms with E-state index in [2.05, 4.69) is 15.0 Å². The molecular weight excluding hydrogens is 240 g/mol. The number of aromatic amines is 2. The molecule has 0 atom stereocenters. The van der Waals surface area contributed by atoms with Crippen molar-refractivity contribution in [3.8, 4) is 0 Å². The third-order valence-electron chi connectivity index (χ3n) is 2.38. The monoisotopic (exact) mass is 252 g/mol. The van der Waals surface area contributed by atoms with Crippen LogP contribution in [0.2, 0.25) is 0 Å². The molecule has 2 heterocycles. The zero-order valence-electron chi connectivity index (χ0n) is 9.85. The quantitative estimate of drug-likeness (QED) is 0.696. The molecule has 0 amide bonds. The van der Waals surface area contributed by atoms with Crippen LogP contribution in [0, 0.1) is 5.92 Å². The van der Waals surface area contributed by atoms with Crippen molar-refractivity contribution < 1.29 is 9.90 Å². The van der Waals surface area contributed by atoms with Gasteiger partial charge in [-0.15, -0.1) is 0 Å². The molecule has 0 aliphatic carbocycles. The molecule has 0 aliphatic rings. The molecule has 0 aliphatic heterocycles. The van der Waals surface area contributed by atoms with Crippen molar-refractivity contribution in [2.45, 2.75) is 20.4 Å². The fourth-order valence-electron chi connectivity index (χ4n) is 1.68. The molecular formula is C10H12N4O4. The van der Waals surface area contributed by atoms with Gasteiger partial charge in [-0.3, -0.25) is 14.3 Å². The lowest BCUT2D eigenvalue weighted by molar-refractivity contribution is 0.0685. The minimum Gasteiger partial charge on any atom is -0.475 e. The minimum atomic E-state index is -1.28. The van der Waals surface area contributed by atoms with Gasteiger partial charge in [0, 0.05) is 6.54 Å². The molecule has 2 rings (SSSR count). The first-order chi connectivity index (χ1) is 8.40. The summed E-state index contributed by atoms with van der Waals surface area (Å²) in [6, 6.07) is 0. The zero-order valence-corrected chi connectivity index (χ0v) is 9.85. The van der Waals surface area contributed by atoms with Crippen LogP contribution in [-0.4, -0.2) is 30.6 Å². The van der Waals surface area contributed by atoms with Gasteiger partial charge in [0.1, 0.15) is 5.52 Å². The molecule has 0 saturated heterocycles. The van der Waals surface area contributed by atoms with Crippen LogP contribution in [0.15, 0.2) is 9.59 Å². The van der Waals surface area contributed by atoms with Gasteiger partial charge in [0.05, 0.1) is 0 Å². The molecule has 2 aromatic rings. The van der Waals surface area contributed by atoms with E-state index in [0.29, 0.717) is 6.54 Å². The Kier molecular flexibility index (Phi) is 2.77. The van der Waals surface area contributed by atoms with Crippen LogP contribution in [0.5, 0.6) is 0 Å². The lowest BCUT2D eigenvalue weighted by atomic mass is 10.2. The van der Waals surface area contributed by atoms with E-state index in [9.17, 15) is 14.4 Å². The van der Waals surface area contributed by atoms with Gasteiger partial charge < -0.3 is 10.1 Å². The van der Waals surface area contributed by atoms with Gasteiger partial charge in [-0.1, -0.05) is 13.8 Å². The lowest BCUT2D eigenvalue weighted by Crippen LogP contribution is -2.31. The number of imidazole rings is 1. The number of aromatic nitrogens is 4. The number of hydrogen-bond donors (Lipinski definition) is 3. The second-order valence-corrected chi connectivity index (χ2v) is 4.35. The summed E-state index contributed by atoms with van der Waals surface area (Å²) in [5, 5.41) is 8.83. The first kappa shape index (κ1) is 12.1. The Hall–Kier alpha value is -2.38. The average Bonchev–Trinajstić information content (AvgIpc) is 2.69. The number of nitrogens with zero attached hydrogens (tertiary/aromatic N) is 2. The van der Waals surface area contributed by atoms with Crippen LogP contribution in [0.4, 0.5) is 0 Å². The highest BCUT2D eigenvalue weighted by Crippen LogP contribution is 2.07. The number of carboxylic acid groups (broad SMARTS) is 1. The normalized spacial score (nSPS) is 11.3. The molecule has 8 heteroatoms. The Balaban J connectivity index is 2.80. The largest absolute Gasteiger partial charge is 0.475 e. The molecule has 0 bridgehead atoms. The molecule has 0 saturated carbocycles. The summed E-state index contributed by atoms with van der Waals surface area (Å²) in [5.74, 6) is -1.49. The second kappa shape index (κ2) is 4.13. The first-order valence-corrected chi connectivity index (χ1v) is 5.36. The predicted molar refractivity (Wildman–Crippen MR) is 62.8 cm³/mol. The third-order valence-corrected chi connectivity index (χ3v) is 2.38. The summed E-state index contributed by atoms with van der Waals surface area (Å²) in [6.45, 7) is 4.14. The minimum absolute atomic E-state index is 0.00681. The fraction of sp³-hybridized carbons (Fsp3) is 0.400. The maximum Gasteiger partial charge on any atom is 0.371 e. The summed E-state index contributed by atoms with van der Waals surface area (Å²) < 4.78 is 1.25. The average molecular weight is 252 g/mol. The van der Waals surface area contributed by atoms with Crippen molar-refractivity contribution in [2.75, 3.05) is 0 Å². The van der Waals surface area contributed by atoms with E-state index in [1.54, 1.807) is 0 Å². The van der Waals surface area contributed by atoms with E-state index in [0.717, 1.165) is 0 Å². The number of carboxylic acids is 1.